The molecule has 0 aliphatic heterocycles. The van der Waals surface area contributed by atoms with Gasteiger partial charge in [-0.25, -0.2) is 8.42 Å². The maximum absolute atomic E-state index is 11.3. The van der Waals surface area contributed by atoms with Gasteiger partial charge in [0.2, 0.25) is 0 Å². The number of halogens is 1. The fraction of sp³-hybridized carbons (Fsp3) is 0.500. The molecule has 0 radical (unpaired) electrons. The topological polar surface area (TPSA) is 86.5 Å². The maximum Gasteiger partial charge on any atom is 0.270 e. The molecule has 1 aromatic rings. The molecule has 0 N–H and O–H groups in total. The van der Waals surface area contributed by atoms with Crippen molar-refractivity contribution in [2.24, 2.45) is 0 Å². The first-order valence-corrected chi connectivity index (χ1v) is 9.00. The summed E-state index contributed by atoms with van der Waals surface area (Å²) in [5, 5.41) is 11.1. The van der Waals surface area contributed by atoms with Gasteiger partial charge < -0.3 is 4.74 Å². The fourth-order valence-corrected chi connectivity index (χ4v) is 2.81. The Labute approximate surface area is 126 Å². The molecule has 0 amide bonds. The first-order chi connectivity index (χ1) is 9.39. The Bertz CT molecular complexity index is 573. The zero-order chi connectivity index (χ0) is 15.2. The number of nitro benzene ring substituents is 1. The van der Waals surface area contributed by atoms with E-state index in [1.807, 2.05) is 0 Å². The zero-order valence-electron chi connectivity index (χ0n) is 11.0. The zero-order valence-corrected chi connectivity index (χ0v) is 13.4. The van der Waals surface area contributed by atoms with Crippen LogP contribution in [0.5, 0.6) is 5.75 Å². The van der Waals surface area contributed by atoms with E-state index in [9.17, 15) is 18.5 Å². The predicted octanol–water partition coefficient (Wildman–Crippen LogP) is 2.69. The standard InChI is InChI=1S/C12H16BrNO5S/c1-2-20(17,18)7-3-6-19-12-5-4-11(14(15)16)8-10(12)9-13/h4-5,8H,2-3,6-7,9H2,1H3. The van der Waals surface area contributed by atoms with Crippen LogP contribution >= 0.6 is 15.9 Å². The summed E-state index contributed by atoms with van der Waals surface area (Å²) in [4.78, 5) is 10.2. The number of nitrogens with zero attached hydrogens (tertiary/aromatic N) is 1. The largest absolute Gasteiger partial charge is 0.493 e. The molecule has 0 atom stereocenters. The molecule has 0 saturated heterocycles. The number of non-ortho nitro benzene ring substituents is 1. The van der Waals surface area contributed by atoms with Gasteiger partial charge in [0, 0.05) is 28.8 Å². The average molecular weight is 366 g/mol. The molecule has 0 heterocycles. The first kappa shape index (κ1) is 16.9. The lowest BCUT2D eigenvalue weighted by Crippen LogP contribution is -2.12. The quantitative estimate of drug-likeness (QED) is 0.306. The lowest BCUT2D eigenvalue weighted by molar-refractivity contribution is -0.384. The summed E-state index contributed by atoms with van der Waals surface area (Å²) in [6, 6.07) is 4.33. The summed E-state index contributed by atoms with van der Waals surface area (Å²) >= 11 is 3.25. The minimum atomic E-state index is -2.99. The van der Waals surface area contributed by atoms with Crippen LogP contribution < -0.4 is 4.74 Å². The predicted molar refractivity (Wildman–Crippen MR) is 80.2 cm³/mol. The van der Waals surface area contributed by atoms with Crippen LogP contribution in [0.15, 0.2) is 18.2 Å². The van der Waals surface area contributed by atoms with E-state index in [-0.39, 0.29) is 23.8 Å². The Morgan fingerprint density at radius 2 is 2.10 bits per heavy atom. The molecule has 0 saturated carbocycles. The fourth-order valence-electron chi connectivity index (χ4n) is 1.53. The van der Waals surface area contributed by atoms with E-state index in [2.05, 4.69) is 15.9 Å². The first-order valence-electron chi connectivity index (χ1n) is 6.06. The number of nitro groups is 1. The Morgan fingerprint density at radius 3 is 2.65 bits per heavy atom. The number of ether oxygens (including phenoxy) is 1. The van der Waals surface area contributed by atoms with E-state index in [4.69, 9.17) is 4.74 Å². The van der Waals surface area contributed by atoms with Gasteiger partial charge in [0.25, 0.3) is 5.69 Å². The van der Waals surface area contributed by atoms with Gasteiger partial charge in [-0.2, -0.15) is 0 Å². The molecule has 112 valence electrons. The van der Waals surface area contributed by atoms with E-state index in [1.54, 1.807) is 6.92 Å². The monoisotopic (exact) mass is 365 g/mol. The van der Waals surface area contributed by atoms with Crippen LogP contribution in [0.2, 0.25) is 0 Å². The van der Waals surface area contributed by atoms with Crippen molar-refractivity contribution in [2.75, 3.05) is 18.1 Å². The van der Waals surface area contributed by atoms with E-state index >= 15 is 0 Å². The summed E-state index contributed by atoms with van der Waals surface area (Å²) < 4.78 is 28.1. The van der Waals surface area contributed by atoms with Gasteiger partial charge in [0.15, 0.2) is 0 Å². The molecule has 1 rings (SSSR count). The second kappa shape index (κ2) is 7.58. The third-order valence-corrected chi connectivity index (χ3v) is 5.09. The number of rotatable bonds is 8. The van der Waals surface area contributed by atoms with Crippen molar-refractivity contribution >= 4 is 31.5 Å². The highest BCUT2D eigenvalue weighted by Crippen LogP contribution is 2.26. The normalized spacial score (nSPS) is 11.3. The Balaban J connectivity index is 2.62. The van der Waals surface area contributed by atoms with Crippen molar-refractivity contribution in [3.63, 3.8) is 0 Å². The number of hydrogen-bond acceptors (Lipinski definition) is 5. The number of hydrogen-bond donors (Lipinski definition) is 0. The lowest BCUT2D eigenvalue weighted by atomic mass is 10.2. The molecule has 0 spiro atoms. The number of benzene rings is 1. The van der Waals surface area contributed by atoms with Crippen molar-refractivity contribution < 1.29 is 18.1 Å². The lowest BCUT2D eigenvalue weighted by Gasteiger charge is -2.09. The van der Waals surface area contributed by atoms with Crippen LogP contribution in [0.4, 0.5) is 5.69 Å². The van der Waals surface area contributed by atoms with Crippen molar-refractivity contribution in [3.05, 3.63) is 33.9 Å². The van der Waals surface area contributed by atoms with Gasteiger partial charge in [0.05, 0.1) is 17.3 Å². The van der Waals surface area contributed by atoms with E-state index in [0.29, 0.717) is 23.1 Å². The van der Waals surface area contributed by atoms with Crippen molar-refractivity contribution in [1.82, 2.24) is 0 Å². The number of alkyl halides is 1. The van der Waals surface area contributed by atoms with Gasteiger partial charge in [-0.3, -0.25) is 10.1 Å². The molecular weight excluding hydrogens is 350 g/mol. The van der Waals surface area contributed by atoms with Gasteiger partial charge in [-0.1, -0.05) is 22.9 Å². The van der Waals surface area contributed by atoms with Crippen LogP contribution in [0.3, 0.4) is 0 Å². The van der Waals surface area contributed by atoms with Crippen LogP contribution in [0.25, 0.3) is 0 Å². The maximum atomic E-state index is 11.3. The summed E-state index contributed by atoms with van der Waals surface area (Å²) in [6.45, 7) is 1.87. The molecule has 6 nitrogen and oxygen atoms in total. The molecular formula is C12H16BrNO5S. The van der Waals surface area contributed by atoms with Gasteiger partial charge in [-0.15, -0.1) is 0 Å². The van der Waals surface area contributed by atoms with E-state index < -0.39 is 14.8 Å². The molecule has 0 bridgehead atoms. The Morgan fingerprint density at radius 1 is 1.40 bits per heavy atom. The highest BCUT2D eigenvalue weighted by Gasteiger charge is 2.12. The molecule has 0 fully saturated rings. The number of sulfone groups is 1. The van der Waals surface area contributed by atoms with E-state index in [1.165, 1.54) is 18.2 Å². The van der Waals surface area contributed by atoms with Crippen LogP contribution in [0, 0.1) is 10.1 Å². The Hall–Kier alpha value is -1.15. The average Bonchev–Trinajstić information content (AvgIpc) is 2.43. The molecule has 0 aliphatic rings. The van der Waals surface area contributed by atoms with Gasteiger partial charge in [-0.05, 0) is 12.5 Å². The van der Waals surface area contributed by atoms with Crippen LogP contribution in [-0.2, 0) is 15.2 Å². The third-order valence-electron chi connectivity index (χ3n) is 2.70. The van der Waals surface area contributed by atoms with Gasteiger partial charge >= 0.3 is 0 Å². The molecule has 0 aliphatic carbocycles. The van der Waals surface area contributed by atoms with Crippen LogP contribution in [0.1, 0.15) is 18.9 Å². The van der Waals surface area contributed by atoms with Gasteiger partial charge in [0.1, 0.15) is 15.6 Å². The van der Waals surface area contributed by atoms with E-state index in [0.717, 1.165) is 0 Å². The summed E-state index contributed by atoms with van der Waals surface area (Å²) in [6.07, 6.45) is 0.398. The Kier molecular flexibility index (Phi) is 6.41. The molecule has 8 heteroatoms. The molecule has 20 heavy (non-hydrogen) atoms. The van der Waals surface area contributed by atoms with Crippen molar-refractivity contribution in [3.8, 4) is 5.75 Å². The highest BCUT2D eigenvalue weighted by atomic mass is 79.9. The SMILES string of the molecule is CCS(=O)(=O)CCCOc1ccc([N+](=O)[O-])cc1CBr. The van der Waals surface area contributed by atoms with Crippen molar-refractivity contribution in [1.29, 1.82) is 0 Å². The molecule has 0 unspecified atom stereocenters. The molecule has 0 aromatic heterocycles. The minimum Gasteiger partial charge on any atom is -0.493 e. The summed E-state index contributed by atoms with van der Waals surface area (Å²) in [5.41, 5.74) is 0.665. The van der Waals surface area contributed by atoms with Crippen LogP contribution in [-0.4, -0.2) is 31.5 Å². The summed E-state index contributed by atoms with van der Waals surface area (Å²) in [5.74, 6) is 0.735. The third kappa shape index (κ3) is 5.09. The summed E-state index contributed by atoms with van der Waals surface area (Å²) in [7, 11) is -2.99. The smallest absolute Gasteiger partial charge is 0.270 e. The highest BCUT2D eigenvalue weighted by molar-refractivity contribution is 9.08. The van der Waals surface area contributed by atoms with Crippen molar-refractivity contribution in [2.45, 2.75) is 18.7 Å². The second-order valence-electron chi connectivity index (χ2n) is 4.12. The minimum absolute atomic E-state index is 0.000334. The molecule has 1 aromatic carbocycles. The second-order valence-corrected chi connectivity index (χ2v) is 7.15.